The summed E-state index contributed by atoms with van der Waals surface area (Å²) in [5.74, 6) is 0.400. The summed E-state index contributed by atoms with van der Waals surface area (Å²) < 4.78 is 0.865. The third kappa shape index (κ3) is 3.99. The van der Waals surface area contributed by atoms with E-state index in [0.29, 0.717) is 11.0 Å². The van der Waals surface area contributed by atoms with Gasteiger partial charge < -0.3 is 5.32 Å². The van der Waals surface area contributed by atoms with Crippen molar-refractivity contribution in [2.24, 2.45) is 0 Å². The smallest absolute Gasteiger partial charge is 0.247 e. The molecule has 6 heteroatoms. The fourth-order valence-corrected chi connectivity index (χ4v) is 3.20. The molecule has 0 bridgehead atoms. The first-order valence-electron chi connectivity index (χ1n) is 8.28. The fourth-order valence-electron chi connectivity index (χ4n) is 2.68. The number of halogens is 2. The van der Waals surface area contributed by atoms with E-state index in [1.807, 2.05) is 78.9 Å². The maximum absolute atomic E-state index is 6.10. The van der Waals surface area contributed by atoms with E-state index in [2.05, 4.69) is 31.4 Å². The summed E-state index contributed by atoms with van der Waals surface area (Å²) >= 11 is 9.60. The fraction of sp³-hybridized carbons (Fsp3) is 0. The van der Waals surface area contributed by atoms with E-state index in [4.69, 9.17) is 16.6 Å². The molecule has 4 aromatic rings. The average Bonchev–Trinajstić information content (AvgIpc) is 2.72. The number of rotatable bonds is 4. The molecule has 0 aliphatic rings. The minimum atomic E-state index is 0.400. The molecule has 0 saturated carbocycles. The quantitative estimate of drug-likeness (QED) is 0.403. The number of benzene rings is 3. The molecule has 0 radical (unpaired) electrons. The van der Waals surface area contributed by atoms with E-state index < -0.39 is 0 Å². The number of hydrogen-bond acceptors (Lipinski definition) is 4. The second-order valence-electron chi connectivity index (χ2n) is 5.81. The lowest BCUT2D eigenvalue weighted by molar-refractivity contribution is 0.989. The summed E-state index contributed by atoms with van der Waals surface area (Å²) in [6.07, 6.45) is 0. The average molecular weight is 438 g/mol. The Morgan fingerprint density at radius 1 is 0.741 bits per heavy atom. The molecular weight excluding hydrogens is 424 g/mol. The van der Waals surface area contributed by atoms with Crippen LogP contribution in [0.3, 0.4) is 0 Å². The lowest BCUT2D eigenvalue weighted by Crippen LogP contribution is -2.03. The van der Waals surface area contributed by atoms with Crippen molar-refractivity contribution in [1.29, 1.82) is 0 Å². The summed E-state index contributed by atoms with van der Waals surface area (Å²) in [5.41, 5.74) is 4.21. The lowest BCUT2D eigenvalue weighted by Gasteiger charge is -2.11. The minimum Gasteiger partial charge on any atom is -0.322 e. The predicted molar refractivity (Wildman–Crippen MR) is 113 cm³/mol. The SMILES string of the molecule is Clc1ccc(Br)c(Nc2nnc(-c3ccccc3)c(-c3ccccc3)n2)c1. The minimum absolute atomic E-state index is 0.400. The molecule has 4 rings (SSSR count). The first-order valence-corrected chi connectivity index (χ1v) is 9.45. The van der Waals surface area contributed by atoms with Crippen molar-refractivity contribution < 1.29 is 0 Å². The topological polar surface area (TPSA) is 50.7 Å². The van der Waals surface area contributed by atoms with E-state index in [-0.39, 0.29) is 0 Å². The van der Waals surface area contributed by atoms with Crippen molar-refractivity contribution in [3.8, 4) is 22.5 Å². The van der Waals surface area contributed by atoms with E-state index in [9.17, 15) is 0 Å². The second-order valence-corrected chi connectivity index (χ2v) is 7.10. The molecule has 4 nitrogen and oxygen atoms in total. The molecule has 0 spiro atoms. The first-order chi connectivity index (χ1) is 13.2. The van der Waals surface area contributed by atoms with Gasteiger partial charge in [0.15, 0.2) is 0 Å². The first kappa shape index (κ1) is 17.6. The number of anilines is 2. The van der Waals surface area contributed by atoms with Gasteiger partial charge in [0.2, 0.25) is 5.95 Å². The Balaban J connectivity index is 1.81. The van der Waals surface area contributed by atoms with E-state index >= 15 is 0 Å². The standard InChI is InChI=1S/C21H14BrClN4/c22-17-12-11-16(23)13-18(17)24-21-25-19(14-7-3-1-4-8-14)20(26-27-21)15-9-5-2-6-10-15/h1-13H,(H,24,25,27). The number of nitrogens with one attached hydrogen (secondary N) is 1. The van der Waals surface area contributed by atoms with Crippen LogP contribution >= 0.6 is 27.5 Å². The van der Waals surface area contributed by atoms with Crippen molar-refractivity contribution in [2.45, 2.75) is 0 Å². The lowest BCUT2D eigenvalue weighted by atomic mass is 10.0. The van der Waals surface area contributed by atoms with E-state index in [0.717, 1.165) is 32.7 Å². The van der Waals surface area contributed by atoms with Crippen LogP contribution in [0.5, 0.6) is 0 Å². The van der Waals surface area contributed by atoms with Crippen molar-refractivity contribution in [3.63, 3.8) is 0 Å². The van der Waals surface area contributed by atoms with Gasteiger partial charge in [-0.1, -0.05) is 72.3 Å². The Bertz CT molecular complexity index is 1070. The van der Waals surface area contributed by atoms with Crippen LogP contribution in [0.25, 0.3) is 22.5 Å². The molecule has 0 amide bonds. The van der Waals surface area contributed by atoms with Gasteiger partial charge in [-0.25, -0.2) is 4.98 Å². The molecule has 3 aromatic carbocycles. The zero-order valence-corrected chi connectivity index (χ0v) is 16.4. The molecule has 27 heavy (non-hydrogen) atoms. The number of hydrogen-bond donors (Lipinski definition) is 1. The van der Waals surface area contributed by atoms with Gasteiger partial charge in [-0.3, -0.25) is 0 Å². The van der Waals surface area contributed by atoms with Crippen LogP contribution in [0.1, 0.15) is 0 Å². The van der Waals surface area contributed by atoms with Gasteiger partial charge in [0.05, 0.1) is 5.69 Å². The van der Waals surface area contributed by atoms with Gasteiger partial charge in [0.1, 0.15) is 11.4 Å². The largest absolute Gasteiger partial charge is 0.322 e. The van der Waals surface area contributed by atoms with Crippen molar-refractivity contribution in [1.82, 2.24) is 15.2 Å². The zero-order valence-electron chi connectivity index (χ0n) is 14.1. The van der Waals surface area contributed by atoms with Gasteiger partial charge in [0.25, 0.3) is 0 Å². The summed E-state index contributed by atoms with van der Waals surface area (Å²) in [6.45, 7) is 0. The summed E-state index contributed by atoms with van der Waals surface area (Å²) in [7, 11) is 0. The summed E-state index contributed by atoms with van der Waals surface area (Å²) in [4.78, 5) is 4.74. The van der Waals surface area contributed by atoms with Crippen LogP contribution in [0.2, 0.25) is 5.02 Å². The summed E-state index contributed by atoms with van der Waals surface area (Å²) in [5, 5.41) is 12.5. The molecule has 0 aliphatic heterocycles. The molecule has 0 unspecified atom stereocenters. The molecule has 1 aromatic heterocycles. The van der Waals surface area contributed by atoms with Gasteiger partial charge in [-0.05, 0) is 34.1 Å². The van der Waals surface area contributed by atoms with Crippen LogP contribution in [-0.4, -0.2) is 15.2 Å². The van der Waals surface area contributed by atoms with Gasteiger partial charge in [-0.2, -0.15) is 0 Å². The van der Waals surface area contributed by atoms with Crippen LogP contribution in [0.4, 0.5) is 11.6 Å². The van der Waals surface area contributed by atoms with Crippen LogP contribution < -0.4 is 5.32 Å². The third-order valence-corrected chi connectivity index (χ3v) is 4.88. The zero-order chi connectivity index (χ0) is 18.6. The molecule has 0 atom stereocenters. The highest BCUT2D eigenvalue weighted by atomic mass is 79.9. The second kappa shape index (κ2) is 7.86. The summed E-state index contributed by atoms with van der Waals surface area (Å²) in [6, 6.07) is 25.4. The van der Waals surface area contributed by atoms with Gasteiger partial charge in [0, 0.05) is 20.6 Å². The van der Waals surface area contributed by atoms with Gasteiger partial charge >= 0.3 is 0 Å². The third-order valence-electron chi connectivity index (χ3n) is 3.96. The molecule has 0 fully saturated rings. The van der Waals surface area contributed by atoms with Crippen molar-refractivity contribution in [2.75, 3.05) is 5.32 Å². The monoisotopic (exact) mass is 436 g/mol. The molecule has 0 saturated heterocycles. The van der Waals surface area contributed by atoms with E-state index in [1.54, 1.807) is 0 Å². The number of aromatic nitrogens is 3. The highest BCUT2D eigenvalue weighted by Crippen LogP contribution is 2.31. The highest BCUT2D eigenvalue weighted by molar-refractivity contribution is 9.10. The molecule has 1 N–H and O–H groups in total. The van der Waals surface area contributed by atoms with Crippen LogP contribution in [-0.2, 0) is 0 Å². The van der Waals surface area contributed by atoms with Gasteiger partial charge in [-0.15, -0.1) is 10.2 Å². The molecule has 0 aliphatic carbocycles. The number of nitrogens with zero attached hydrogens (tertiary/aromatic N) is 3. The van der Waals surface area contributed by atoms with E-state index in [1.165, 1.54) is 0 Å². The Kier molecular flexibility index (Phi) is 5.14. The Morgan fingerprint density at radius 2 is 1.37 bits per heavy atom. The predicted octanol–water partition coefficient (Wildman–Crippen LogP) is 6.37. The van der Waals surface area contributed by atoms with Crippen molar-refractivity contribution >= 4 is 39.2 Å². The Morgan fingerprint density at radius 3 is 2.04 bits per heavy atom. The Labute approximate surface area is 170 Å². The maximum atomic E-state index is 6.10. The molecular formula is C21H14BrClN4. The molecule has 1 heterocycles. The maximum Gasteiger partial charge on any atom is 0.247 e. The van der Waals surface area contributed by atoms with Crippen LogP contribution in [0.15, 0.2) is 83.3 Å². The van der Waals surface area contributed by atoms with Crippen LogP contribution in [0, 0.1) is 0 Å². The Hall–Kier alpha value is -2.76. The normalized spacial score (nSPS) is 10.6. The highest BCUT2D eigenvalue weighted by Gasteiger charge is 2.14. The molecule has 132 valence electrons. The van der Waals surface area contributed by atoms with Crippen molar-refractivity contribution in [3.05, 3.63) is 88.4 Å².